The average molecular weight is 280 g/mol. The first-order chi connectivity index (χ1) is 7.76. The van der Waals surface area contributed by atoms with E-state index in [2.05, 4.69) is 26.9 Å². The van der Waals surface area contributed by atoms with E-state index in [4.69, 9.17) is 11.0 Å². The summed E-state index contributed by atoms with van der Waals surface area (Å²) in [5.74, 6) is 0. The van der Waals surface area contributed by atoms with Gasteiger partial charge in [0.1, 0.15) is 6.07 Å². The van der Waals surface area contributed by atoms with E-state index in [1.165, 1.54) is 0 Å². The van der Waals surface area contributed by atoms with Crippen LogP contribution in [0.3, 0.4) is 0 Å². The predicted molar refractivity (Wildman–Crippen MR) is 68.3 cm³/mol. The lowest BCUT2D eigenvalue weighted by Crippen LogP contribution is -2.35. The van der Waals surface area contributed by atoms with Gasteiger partial charge in [0, 0.05) is 23.6 Å². The van der Waals surface area contributed by atoms with Crippen molar-refractivity contribution in [2.24, 2.45) is 5.73 Å². The lowest BCUT2D eigenvalue weighted by atomic mass is 10.1. The molecule has 1 fully saturated rings. The molecule has 0 radical (unpaired) electrons. The fourth-order valence-corrected chi connectivity index (χ4v) is 2.61. The largest absolute Gasteiger partial charge is 0.366 e. The van der Waals surface area contributed by atoms with Crippen LogP contribution in [-0.2, 0) is 0 Å². The summed E-state index contributed by atoms with van der Waals surface area (Å²) in [6, 6.07) is 8.46. The third kappa shape index (κ3) is 2.06. The van der Waals surface area contributed by atoms with E-state index in [1.807, 2.05) is 18.2 Å². The van der Waals surface area contributed by atoms with Crippen LogP contribution in [0.1, 0.15) is 18.4 Å². The summed E-state index contributed by atoms with van der Waals surface area (Å²) in [6.45, 7) is 1.65. The van der Waals surface area contributed by atoms with Gasteiger partial charge in [-0.1, -0.05) is 15.9 Å². The SMILES string of the molecule is N#Cc1cc(Br)ccc1N1CCCC1CN. The van der Waals surface area contributed by atoms with E-state index in [1.54, 1.807) is 0 Å². The van der Waals surface area contributed by atoms with Crippen LogP contribution >= 0.6 is 15.9 Å². The Hall–Kier alpha value is -1.05. The van der Waals surface area contributed by atoms with Gasteiger partial charge in [0.25, 0.3) is 0 Å². The minimum Gasteiger partial charge on any atom is -0.366 e. The minimum atomic E-state index is 0.383. The zero-order valence-electron chi connectivity index (χ0n) is 8.99. The van der Waals surface area contributed by atoms with Crippen LogP contribution in [0.2, 0.25) is 0 Å². The molecule has 1 aliphatic rings. The molecule has 0 aliphatic carbocycles. The summed E-state index contributed by atoms with van der Waals surface area (Å²) in [6.07, 6.45) is 2.28. The Morgan fingerprint density at radius 3 is 3.06 bits per heavy atom. The molecule has 1 aromatic rings. The molecule has 1 unspecified atom stereocenters. The van der Waals surface area contributed by atoms with Crippen molar-refractivity contribution < 1.29 is 0 Å². The average Bonchev–Trinajstić information content (AvgIpc) is 2.76. The summed E-state index contributed by atoms with van der Waals surface area (Å²) >= 11 is 3.38. The lowest BCUT2D eigenvalue weighted by molar-refractivity contribution is 0.677. The molecule has 2 rings (SSSR count). The highest BCUT2D eigenvalue weighted by Gasteiger charge is 2.25. The highest BCUT2D eigenvalue weighted by molar-refractivity contribution is 9.10. The molecule has 0 bridgehead atoms. The topological polar surface area (TPSA) is 53.0 Å². The molecular formula is C12H14BrN3. The predicted octanol–water partition coefficient (Wildman–Crippen LogP) is 2.25. The Kier molecular flexibility index (Phi) is 3.47. The van der Waals surface area contributed by atoms with Crippen molar-refractivity contribution in [1.82, 2.24) is 0 Å². The maximum Gasteiger partial charge on any atom is 0.101 e. The number of halogens is 1. The quantitative estimate of drug-likeness (QED) is 0.904. The molecule has 4 heteroatoms. The molecule has 3 nitrogen and oxygen atoms in total. The summed E-state index contributed by atoms with van der Waals surface area (Å²) in [7, 11) is 0. The number of rotatable bonds is 2. The molecule has 1 saturated heterocycles. The zero-order chi connectivity index (χ0) is 11.5. The molecule has 16 heavy (non-hydrogen) atoms. The van der Waals surface area contributed by atoms with Crippen LogP contribution in [0.5, 0.6) is 0 Å². The maximum absolute atomic E-state index is 9.13. The molecule has 0 saturated carbocycles. The smallest absolute Gasteiger partial charge is 0.101 e. The number of hydrogen-bond donors (Lipinski definition) is 1. The van der Waals surface area contributed by atoms with E-state index in [0.29, 0.717) is 12.6 Å². The summed E-state index contributed by atoms with van der Waals surface area (Å²) in [5.41, 5.74) is 7.48. The zero-order valence-corrected chi connectivity index (χ0v) is 10.6. The molecule has 0 aromatic heterocycles. The molecule has 0 amide bonds. The van der Waals surface area contributed by atoms with Crippen molar-refractivity contribution in [2.45, 2.75) is 18.9 Å². The highest BCUT2D eigenvalue weighted by atomic mass is 79.9. The Morgan fingerprint density at radius 2 is 2.38 bits per heavy atom. The van der Waals surface area contributed by atoms with E-state index in [-0.39, 0.29) is 0 Å². The van der Waals surface area contributed by atoms with Gasteiger partial charge < -0.3 is 10.6 Å². The number of nitrogens with zero attached hydrogens (tertiary/aromatic N) is 2. The second kappa shape index (κ2) is 4.86. The minimum absolute atomic E-state index is 0.383. The monoisotopic (exact) mass is 279 g/mol. The number of anilines is 1. The van der Waals surface area contributed by atoms with Crippen molar-refractivity contribution in [3.05, 3.63) is 28.2 Å². The normalized spacial score (nSPS) is 19.8. The van der Waals surface area contributed by atoms with E-state index >= 15 is 0 Å². The Balaban J connectivity index is 2.36. The third-order valence-corrected chi connectivity index (χ3v) is 3.53. The summed E-state index contributed by atoms with van der Waals surface area (Å²) < 4.78 is 0.941. The van der Waals surface area contributed by atoms with E-state index in [9.17, 15) is 0 Å². The molecular weight excluding hydrogens is 266 g/mol. The second-order valence-corrected chi connectivity index (χ2v) is 4.91. The van der Waals surface area contributed by atoms with Crippen molar-refractivity contribution in [3.8, 4) is 6.07 Å². The van der Waals surface area contributed by atoms with Gasteiger partial charge in [0.05, 0.1) is 11.3 Å². The highest BCUT2D eigenvalue weighted by Crippen LogP contribution is 2.29. The van der Waals surface area contributed by atoms with Crippen LogP contribution in [0.15, 0.2) is 22.7 Å². The number of nitrogens with two attached hydrogens (primary N) is 1. The Bertz CT molecular complexity index is 425. The first-order valence-electron chi connectivity index (χ1n) is 5.42. The Morgan fingerprint density at radius 1 is 1.56 bits per heavy atom. The first-order valence-corrected chi connectivity index (χ1v) is 6.22. The van der Waals surface area contributed by atoms with Gasteiger partial charge in [0.2, 0.25) is 0 Å². The summed E-state index contributed by atoms with van der Waals surface area (Å²) in [5, 5.41) is 9.13. The number of benzene rings is 1. The van der Waals surface area contributed by atoms with Crippen molar-refractivity contribution >= 4 is 21.6 Å². The molecule has 84 valence electrons. The standard InChI is InChI=1S/C12H14BrN3/c13-10-3-4-12(9(6-10)7-14)16-5-1-2-11(16)8-15/h3-4,6,11H,1-2,5,8,15H2. The number of nitriles is 1. The molecule has 2 N–H and O–H groups in total. The number of hydrogen-bond acceptors (Lipinski definition) is 3. The van der Waals surface area contributed by atoms with Crippen LogP contribution in [0.25, 0.3) is 0 Å². The molecule has 1 atom stereocenters. The van der Waals surface area contributed by atoms with E-state index in [0.717, 1.165) is 35.1 Å². The van der Waals surface area contributed by atoms with Crippen LogP contribution in [-0.4, -0.2) is 19.1 Å². The van der Waals surface area contributed by atoms with Crippen molar-refractivity contribution in [2.75, 3.05) is 18.0 Å². The molecule has 1 heterocycles. The second-order valence-electron chi connectivity index (χ2n) is 4.00. The van der Waals surface area contributed by atoms with Crippen LogP contribution in [0, 0.1) is 11.3 Å². The fourth-order valence-electron chi connectivity index (χ4n) is 2.25. The van der Waals surface area contributed by atoms with Gasteiger partial charge in [-0.05, 0) is 31.0 Å². The van der Waals surface area contributed by atoms with Crippen LogP contribution in [0.4, 0.5) is 5.69 Å². The molecule has 1 aromatic carbocycles. The third-order valence-electron chi connectivity index (χ3n) is 3.04. The molecule has 1 aliphatic heterocycles. The van der Waals surface area contributed by atoms with Crippen molar-refractivity contribution in [1.29, 1.82) is 5.26 Å². The first kappa shape index (κ1) is 11.4. The van der Waals surface area contributed by atoms with Gasteiger partial charge in [-0.15, -0.1) is 0 Å². The van der Waals surface area contributed by atoms with Gasteiger partial charge in [-0.3, -0.25) is 0 Å². The Labute approximate surface area is 104 Å². The fraction of sp³-hybridized carbons (Fsp3) is 0.417. The van der Waals surface area contributed by atoms with Crippen LogP contribution < -0.4 is 10.6 Å². The van der Waals surface area contributed by atoms with Gasteiger partial charge >= 0.3 is 0 Å². The van der Waals surface area contributed by atoms with Gasteiger partial charge in [-0.2, -0.15) is 5.26 Å². The van der Waals surface area contributed by atoms with Gasteiger partial charge in [-0.25, -0.2) is 0 Å². The van der Waals surface area contributed by atoms with Gasteiger partial charge in [0.15, 0.2) is 0 Å². The maximum atomic E-state index is 9.13. The lowest BCUT2D eigenvalue weighted by Gasteiger charge is -2.26. The summed E-state index contributed by atoms with van der Waals surface area (Å²) in [4.78, 5) is 2.25. The van der Waals surface area contributed by atoms with E-state index < -0.39 is 0 Å². The molecule has 0 spiro atoms. The van der Waals surface area contributed by atoms with Crippen molar-refractivity contribution in [3.63, 3.8) is 0 Å².